The molecular formula is C17H14BrNO. The van der Waals surface area contributed by atoms with Crippen LogP contribution >= 0.6 is 15.9 Å². The van der Waals surface area contributed by atoms with Crippen LogP contribution < -0.4 is 0 Å². The fourth-order valence-corrected chi connectivity index (χ4v) is 2.77. The van der Waals surface area contributed by atoms with E-state index in [1.807, 2.05) is 49.4 Å². The van der Waals surface area contributed by atoms with Crippen molar-refractivity contribution in [1.82, 2.24) is 4.98 Å². The molecule has 3 rings (SSSR count). The predicted octanol–water partition coefficient (Wildman–Crippen LogP) is 4.66. The number of halogens is 1. The number of H-pyrrole nitrogens is 1. The van der Waals surface area contributed by atoms with Crippen LogP contribution in [0.25, 0.3) is 10.9 Å². The number of rotatable bonds is 3. The minimum Gasteiger partial charge on any atom is -0.360 e. The Morgan fingerprint density at radius 1 is 1.20 bits per heavy atom. The van der Waals surface area contributed by atoms with Crippen LogP contribution in [0.15, 0.2) is 53.1 Å². The first-order chi connectivity index (χ1) is 9.65. The molecule has 20 heavy (non-hydrogen) atoms. The number of ketones is 1. The molecule has 0 spiro atoms. The van der Waals surface area contributed by atoms with E-state index in [-0.39, 0.29) is 5.78 Å². The van der Waals surface area contributed by atoms with Crippen molar-refractivity contribution < 1.29 is 4.79 Å². The number of carbonyl (C=O) groups excluding carboxylic acids is 1. The Bertz CT molecular complexity index is 789. The van der Waals surface area contributed by atoms with Crippen molar-refractivity contribution in [2.75, 3.05) is 0 Å². The molecule has 1 aromatic heterocycles. The highest BCUT2D eigenvalue weighted by Crippen LogP contribution is 2.23. The largest absolute Gasteiger partial charge is 0.360 e. The van der Waals surface area contributed by atoms with Gasteiger partial charge in [-0.15, -0.1) is 0 Å². The molecule has 3 heteroatoms. The molecule has 0 unspecified atom stereocenters. The molecule has 3 aromatic rings. The molecule has 0 amide bonds. The summed E-state index contributed by atoms with van der Waals surface area (Å²) >= 11 is 3.44. The second-order valence-electron chi connectivity index (χ2n) is 4.92. The number of hydrogen-bond donors (Lipinski definition) is 1. The number of fused-ring (bicyclic) bond motifs is 1. The number of aryl methyl sites for hydroxylation is 1. The lowest BCUT2D eigenvalue weighted by atomic mass is 9.99. The van der Waals surface area contributed by atoms with E-state index in [4.69, 9.17) is 0 Å². The van der Waals surface area contributed by atoms with Crippen molar-refractivity contribution in [3.8, 4) is 0 Å². The number of carbonyl (C=O) groups is 1. The monoisotopic (exact) mass is 327 g/mol. The van der Waals surface area contributed by atoms with Crippen molar-refractivity contribution in [2.24, 2.45) is 0 Å². The molecule has 1 N–H and O–H groups in total. The normalized spacial score (nSPS) is 10.9. The van der Waals surface area contributed by atoms with Gasteiger partial charge in [0.15, 0.2) is 5.78 Å². The fourth-order valence-electron chi connectivity index (χ4n) is 2.41. The standard InChI is InChI=1S/C17H14BrNO/c1-11-4-2-3-5-12(11)8-17(20)15-10-19-16-9-13(18)6-7-14(15)16/h2-7,9-10,19H,8H2,1H3. The Labute approximate surface area is 126 Å². The number of aromatic amines is 1. The predicted molar refractivity (Wildman–Crippen MR) is 85.2 cm³/mol. The Morgan fingerprint density at radius 3 is 2.80 bits per heavy atom. The maximum absolute atomic E-state index is 12.5. The topological polar surface area (TPSA) is 32.9 Å². The Hall–Kier alpha value is -1.87. The van der Waals surface area contributed by atoms with Gasteiger partial charge < -0.3 is 4.98 Å². The molecule has 0 fully saturated rings. The fraction of sp³-hybridized carbons (Fsp3) is 0.118. The average Bonchev–Trinajstić information content (AvgIpc) is 2.84. The first-order valence-electron chi connectivity index (χ1n) is 6.49. The van der Waals surface area contributed by atoms with Gasteiger partial charge in [-0.2, -0.15) is 0 Å². The summed E-state index contributed by atoms with van der Waals surface area (Å²) in [4.78, 5) is 15.7. The third-order valence-corrected chi connectivity index (χ3v) is 4.05. The van der Waals surface area contributed by atoms with Crippen LogP contribution in [0.2, 0.25) is 0 Å². The quantitative estimate of drug-likeness (QED) is 0.697. The van der Waals surface area contributed by atoms with Crippen molar-refractivity contribution in [1.29, 1.82) is 0 Å². The van der Waals surface area contributed by atoms with Crippen molar-refractivity contribution >= 4 is 32.6 Å². The molecule has 0 aliphatic rings. The molecule has 2 nitrogen and oxygen atoms in total. The SMILES string of the molecule is Cc1ccccc1CC(=O)c1c[nH]c2cc(Br)ccc12. The summed E-state index contributed by atoms with van der Waals surface area (Å²) in [5.41, 5.74) is 3.98. The van der Waals surface area contributed by atoms with Crippen molar-refractivity contribution in [3.63, 3.8) is 0 Å². The lowest BCUT2D eigenvalue weighted by Gasteiger charge is -2.04. The highest BCUT2D eigenvalue weighted by Gasteiger charge is 2.13. The van der Waals surface area contributed by atoms with Crippen LogP contribution in [0.5, 0.6) is 0 Å². The molecule has 100 valence electrons. The maximum atomic E-state index is 12.5. The molecule has 0 saturated carbocycles. The van der Waals surface area contributed by atoms with E-state index < -0.39 is 0 Å². The Morgan fingerprint density at radius 2 is 2.00 bits per heavy atom. The zero-order chi connectivity index (χ0) is 14.1. The van der Waals surface area contributed by atoms with Gasteiger partial charge in [0.05, 0.1) is 0 Å². The third kappa shape index (κ3) is 2.41. The zero-order valence-electron chi connectivity index (χ0n) is 11.1. The lowest BCUT2D eigenvalue weighted by Crippen LogP contribution is -2.04. The molecule has 0 radical (unpaired) electrons. The van der Waals surface area contributed by atoms with Crippen LogP contribution in [0.4, 0.5) is 0 Å². The van der Waals surface area contributed by atoms with E-state index in [0.717, 1.165) is 32.1 Å². The third-order valence-electron chi connectivity index (χ3n) is 3.56. The molecule has 0 bridgehead atoms. The number of Topliss-reactive ketones (excluding diaryl/α,β-unsaturated/α-hetero) is 1. The van der Waals surface area contributed by atoms with Crippen molar-refractivity contribution in [3.05, 3.63) is 69.8 Å². The molecule has 0 atom stereocenters. The summed E-state index contributed by atoms with van der Waals surface area (Å²) in [5, 5.41) is 0.979. The highest BCUT2D eigenvalue weighted by molar-refractivity contribution is 9.10. The zero-order valence-corrected chi connectivity index (χ0v) is 12.7. The number of benzene rings is 2. The summed E-state index contributed by atoms with van der Waals surface area (Å²) in [6.07, 6.45) is 2.24. The number of aromatic nitrogens is 1. The van der Waals surface area contributed by atoms with Crippen LogP contribution in [0.1, 0.15) is 21.5 Å². The summed E-state index contributed by atoms with van der Waals surface area (Å²) < 4.78 is 1.00. The van der Waals surface area contributed by atoms with Gasteiger partial charge >= 0.3 is 0 Å². The van der Waals surface area contributed by atoms with Gasteiger partial charge in [0.25, 0.3) is 0 Å². The van der Waals surface area contributed by atoms with E-state index in [0.29, 0.717) is 6.42 Å². The van der Waals surface area contributed by atoms with Crippen LogP contribution in [-0.2, 0) is 6.42 Å². The van der Waals surface area contributed by atoms with E-state index in [1.54, 1.807) is 6.20 Å². The number of hydrogen-bond acceptors (Lipinski definition) is 1. The van der Waals surface area contributed by atoms with Gasteiger partial charge in [0.2, 0.25) is 0 Å². The van der Waals surface area contributed by atoms with Crippen LogP contribution in [-0.4, -0.2) is 10.8 Å². The van der Waals surface area contributed by atoms with Gasteiger partial charge in [-0.1, -0.05) is 46.3 Å². The Kier molecular flexibility index (Phi) is 3.45. The molecule has 0 aliphatic carbocycles. The van der Waals surface area contributed by atoms with Crippen LogP contribution in [0.3, 0.4) is 0 Å². The second kappa shape index (κ2) is 5.25. The minimum atomic E-state index is 0.146. The maximum Gasteiger partial charge on any atom is 0.169 e. The second-order valence-corrected chi connectivity index (χ2v) is 5.83. The van der Waals surface area contributed by atoms with Crippen LogP contribution in [0, 0.1) is 6.92 Å². The molecular weight excluding hydrogens is 314 g/mol. The summed E-state index contributed by atoms with van der Waals surface area (Å²) in [6.45, 7) is 2.04. The van der Waals surface area contributed by atoms with Gasteiger partial charge in [-0.25, -0.2) is 0 Å². The van der Waals surface area contributed by atoms with Gasteiger partial charge in [-0.3, -0.25) is 4.79 Å². The van der Waals surface area contributed by atoms with Gasteiger partial charge in [-0.05, 0) is 30.2 Å². The van der Waals surface area contributed by atoms with E-state index in [1.165, 1.54) is 0 Å². The molecule has 1 heterocycles. The van der Waals surface area contributed by atoms with E-state index in [2.05, 4.69) is 20.9 Å². The first-order valence-corrected chi connectivity index (χ1v) is 7.29. The highest BCUT2D eigenvalue weighted by atomic mass is 79.9. The van der Waals surface area contributed by atoms with E-state index >= 15 is 0 Å². The summed E-state index contributed by atoms with van der Waals surface area (Å²) in [7, 11) is 0. The minimum absolute atomic E-state index is 0.146. The first kappa shape index (κ1) is 13.1. The molecule has 0 saturated heterocycles. The van der Waals surface area contributed by atoms with Crippen molar-refractivity contribution in [2.45, 2.75) is 13.3 Å². The van der Waals surface area contributed by atoms with Gasteiger partial charge in [0.1, 0.15) is 0 Å². The molecule has 0 aliphatic heterocycles. The van der Waals surface area contributed by atoms with E-state index in [9.17, 15) is 4.79 Å². The van der Waals surface area contributed by atoms with Gasteiger partial charge in [0, 0.05) is 33.6 Å². The Balaban J connectivity index is 1.95. The molecule has 2 aromatic carbocycles. The smallest absolute Gasteiger partial charge is 0.169 e. The summed E-state index contributed by atoms with van der Waals surface area (Å²) in [5.74, 6) is 0.146. The average molecular weight is 328 g/mol. The lowest BCUT2D eigenvalue weighted by molar-refractivity contribution is 0.0994. The number of nitrogens with one attached hydrogen (secondary N) is 1. The summed E-state index contributed by atoms with van der Waals surface area (Å²) in [6, 6.07) is 13.9.